The van der Waals surface area contributed by atoms with Crippen LogP contribution in [0, 0.1) is 5.92 Å². The van der Waals surface area contributed by atoms with Crippen LogP contribution in [0.2, 0.25) is 0 Å². The number of halogens is 1. The predicted octanol–water partition coefficient (Wildman–Crippen LogP) is 3.59. The molecule has 0 aromatic rings. The summed E-state index contributed by atoms with van der Waals surface area (Å²) in [4.78, 5) is 14.5. The molecule has 1 fully saturated rings. The maximum atomic E-state index is 12.4. The Kier molecular flexibility index (Phi) is 6.40. The van der Waals surface area contributed by atoms with Crippen LogP contribution in [0.25, 0.3) is 0 Å². The minimum absolute atomic E-state index is 0.264. The highest BCUT2D eigenvalue weighted by atomic mass is 79.9. The van der Waals surface area contributed by atoms with Crippen LogP contribution in [0.3, 0.4) is 0 Å². The quantitative estimate of drug-likeness (QED) is 0.626. The molecule has 0 aromatic heterocycles. The maximum absolute atomic E-state index is 12.4. The smallest absolute Gasteiger partial charge is 0.225 e. The lowest BCUT2D eigenvalue weighted by Crippen LogP contribution is -2.39. The highest BCUT2D eigenvalue weighted by Gasteiger charge is 2.34. The molecule has 1 aliphatic carbocycles. The zero-order valence-electron chi connectivity index (χ0n) is 10.5. The molecule has 1 atom stereocenters. The monoisotopic (exact) mass is 289 g/mol. The first-order chi connectivity index (χ1) is 7.74. The molecule has 1 rings (SSSR count). The van der Waals surface area contributed by atoms with Crippen LogP contribution in [0.1, 0.15) is 52.4 Å². The Labute approximate surface area is 108 Å². The first kappa shape index (κ1) is 14.0. The predicted molar refractivity (Wildman–Crippen MR) is 71.8 cm³/mol. The first-order valence-corrected chi connectivity index (χ1v) is 7.73. The van der Waals surface area contributed by atoms with Crippen LogP contribution in [-0.2, 0) is 4.79 Å². The molecular formula is C13H24BrNO. The Balaban J connectivity index is 2.48. The number of carbonyl (C=O) groups is 1. The van der Waals surface area contributed by atoms with E-state index in [-0.39, 0.29) is 5.92 Å². The number of unbranched alkanes of at least 4 members (excludes halogenated alkanes) is 1. The highest BCUT2D eigenvalue weighted by molar-refractivity contribution is 9.09. The van der Waals surface area contributed by atoms with Crippen molar-refractivity contribution in [2.24, 2.45) is 5.92 Å². The molecule has 0 heterocycles. The third-order valence-corrected chi connectivity index (χ3v) is 3.70. The second kappa shape index (κ2) is 7.31. The Hall–Kier alpha value is -0.0500. The van der Waals surface area contributed by atoms with Gasteiger partial charge < -0.3 is 4.90 Å². The summed E-state index contributed by atoms with van der Waals surface area (Å²) in [5.74, 6) is 0.664. The normalized spacial score (nSPS) is 17.2. The van der Waals surface area contributed by atoms with Gasteiger partial charge in [0.1, 0.15) is 0 Å². The van der Waals surface area contributed by atoms with Gasteiger partial charge in [-0.25, -0.2) is 0 Å². The van der Waals surface area contributed by atoms with Crippen molar-refractivity contribution in [3.05, 3.63) is 0 Å². The summed E-state index contributed by atoms with van der Waals surface area (Å²) in [6.45, 7) is 5.21. The van der Waals surface area contributed by atoms with E-state index in [4.69, 9.17) is 0 Å². The van der Waals surface area contributed by atoms with E-state index in [9.17, 15) is 4.79 Å². The number of hydrogen-bond donors (Lipinski definition) is 0. The number of hydrogen-bond acceptors (Lipinski definition) is 1. The molecule has 16 heavy (non-hydrogen) atoms. The van der Waals surface area contributed by atoms with Crippen molar-refractivity contribution < 1.29 is 4.79 Å². The van der Waals surface area contributed by atoms with Gasteiger partial charge in [-0.1, -0.05) is 42.6 Å². The van der Waals surface area contributed by atoms with Crippen molar-refractivity contribution in [3.8, 4) is 0 Å². The molecule has 94 valence electrons. The molecule has 2 nitrogen and oxygen atoms in total. The maximum Gasteiger partial charge on any atom is 0.225 e. The summed E-state index contributed by atoms with van der Waals surface area (Å²) in [5.41, 5.74) is 0. The number of carbonyl (C=O) groups excluding carboxylic acids is 1. The van der Waals surface area contributed by atoms with Crippen LogP contribution >= 0.6 is 15.9 Å². The largest absolute Gasteiger partial charge is 0.339 e. The van der Waals surface area contributed by atoms with Crippen LogP contribution in [0.4, 0.5) is 0 Å². The van der Waals surface area contributed by atoms with Crippen molar-refractivity contribution in [1.82, 2.24) is 4.90 Å². The van der Waals surface area contributed by atoms with Gasteiger partial charge in [0.2, 0.25) is 5.91 Å². The Morgan fingerprint density at radius 1 is 1.44 bits per heavy atom. The van der Waals surface area contributed by atoms with E-state index in [1.807, 2.05) is 0 Å². The van der Waals surface area contributed by atoms with E-state index in [0.717, 1.165) is 24.7 Å². The van der Waals surface area contributed by atoms with Gasteiger partial charge in [0.05, 0.1) is 0 Å². The molecule has 1 unspecified atom stereocenters. The van der Waals surface area contributed by atoms with Crippen LogP contribution in [0.15, 0.2) is 0 Å². The average Bonchev–Trinajstić information content (AvgIpc) is 3.10. The third kappa shape index (κ3) is 4.08. The summed E-state index contributed by atoms with van der Waals surface area (Å²) in [6, 6.07) is 0.556. The number of alkyl halides is 1. The Morgan fingerprint density at radius 2 is 2.12 bits per heavy atom. The summed E-state index contributed by atoms with van der Waals surface area (Å²) in [6.07, 6.45) is 6.84. The van der Waals surface area contributed by atoms with E-state index in [0.29, 0.717) is 11.9 Å². The van der Waals surface area contributed by atoms with Crippen LogP contribution < -0.4 is 0 Å². The van der Waals surface area contributed by atoms with Gasteiger partial charge in [0, 0.05) is 23.8 Å². The standard InChI is InChI=1S/C13H24BrNO/c1-3-5-6-11(4-2)13(16)15(10-9-14)12-7-8-12/h11-12H,3-10H2,1-2H3. The molecule has 1 amide bonds. The molecular weight excluding hydrogens is 266 g/mol. The zero-order valence-corrected chi connectivity index (χ0v) is 12.1. The van der Waals surface area contributed by atoms with E-state index in [2.05, 4.69) is 34.7 Å². The topological polar surface area (TPSA) is 20.3 Å². The van der Waals surface area contributed by atoms with Gasteiger partial charge >= 0.3 is 0 Å². The van der Waals surface area contributed by atoms with E-state index >= 15 is 0 Å². The summed E-state index contributed by atoms with van der Waals surface area (Å²) in [5, 5.41) is 0.902. The van der Waals surface area contributed by atoms with Crippen LogP contribution in [0.5, 0.6) is 0 Å². The molecule has 0 aliphatic heterocycles. The van der Waals surface area contributed by atoms with Gasteiger partial charge in [-0.3, -0.25) is 4.79 Å². The second-order valence-electron chi connectivity index (χ2n) is 4.70. The molecule has 0 spiro atoms. The van der Waals surface area contributed by atoms with Gasteiger partial charge in [-0.2, -0.15) is 0 Å². The minimum Gasteiger partial charge on any atom is -0.339 e. The molecule has 0 N–H and O–H groups in total. The zero-order chi connectivity index (χ0) is 12.0. The van der Waals surface area contributed by atoms with Crippen molar-refractivity contribution in [2.45, 2.75) is 58.4 Å². The molecule has 0 aromatic carbocycles. The van der Waals surface area contributed by atoms with Crippen molar-refractivity contribution in [3.63, 3.8) is 0 Å². The number of amides is 1. The molecule has 1 saturated carbocycles. The van der Waals surface area contributed by atoms with E-state index in [1.54, 1.807) is 0 Å². The van der Waals surface area contributed by atoms with Gasteiger partial charge in [0.15, 0.2) is 0 Å². The lowest BCUT2D eigenvalue weighted by molar-refractivity contribution is -0.136. The van der Waals surface area contributed by atoms with Crippen molar-refractivity contribution in [1.29, 1.82) is 0 Å². The first-order valence-electron chi connectivity index (χ1n) is 6.61. The van der Waals surface area contributed by atoms with Crippen molar-refractivity contribution >= 4 is 21.8 Å². The highest BCUT2D eigenvalue weighted by Crippen LogP contribution is 2.29. The number of nitrogens with zero attached hydrogens (tertiary/aromatic N) is 1. The molecule has 1 aliphatic rings. The van der Waals surface area contributed by atoms with Crippen LogP contribution in [-0.4, -0.2) is 28.7 Å². The molecule has 3 heteroatoms. The Bertz CT molecular complexity index is 216. The van der Waals surface area contributed by atoms with Gasteiger partial charge in [-0.05, 0) is 25.7 Å². The lowest BCUT2D eigenvalue weighted by Gasteiger charge is -2.26. The minimum atomic E-state index is 0.264. The summed E-state index contributed by atoms with van der Waals surface area (Å²) >= 11 is 3.44. The molecule has 0 bridgehead atoms. The fraction of sp³-hybridized carbons (Fsp3) is 0.923. The van der Waals surface area contributed by atoms with E-state index in [1.165, 1.54) is 25.7 Å². The third-order valence-electron chi connectivity index (χ3n) is 3.34. The second-order valence-corrected chi connectivity index (χ2v) is 5.49. The summed E-state index contributed by atoms with van der Waals surface area (Å²) < 4.78 is 0. The SMILES string of the molecule is CCCCC(CC)C(=O)N(CCBr)C1CC1. The fourth-order valence-corrected chi connectivity index (χ4v) is 2.52. The van der Waals surface area contributed by atoms with E-state index < -0.39 is 0 Å². The molecule has 0 saturated heterocycles. The number of rotatable bonds is 8. The summed E-state index contributed by atoms with van der Waals surface area (Å²) in [7, 11) is 0. The lowest BCUT2D eigenvalue weighted by atomic mass is 9.97. The van der Waals surface area contributed by atoms with Crippen molar-refractivity contribution in [2.75, 3.05) is 11.9 Å². The average molecular weight is 290 g/mol. The molecule has 0 radical (unpaired) electrons. The van der Waals surface area contributed by atoms with Gasteiger partial charge in [-0.15, -0.1) is 0 Å². The van der Waals surface area contributed by atoms with Gasteiger partial charge in [0.25, 0.3) is 0 Å². The fourth-order valence-electron chi connectivity index (χ4n) is 2.14. The Morgan fingerprint density at radius 3 is 2.56 bits per heavy atom.